The molecule has 2 aliphatic rings. The Hall–Kier alpha value is -4.66. The van der Waals surface area contributed by atoms with Gasteiger partial charge >= 0.3 is 6.01 Å². The standard InChI is InChI=1S/C23H22ClF3N4O3.C9H9N3O/c1-32-18-8-17-14(22(29-12-28-17)30-16-4-2-3-15(24)21(16)25)7-19(18)34-20-5-6-31(11-23(20,26)27)13-9-33-10-13;1-13-9-11-7-5-3-2-4-6(7)8(10)12-9/h2-4,7-8,12-13,20H,5-6,9-11H2,1H3,(H,28,29,30);2-5H,1H3,(H2,10,11,12)/t20-;/m0./s1. The molecule has 246 valence electrons. The molecule has 2 aliphatic heterocycles. The van der Waals surface area contributed by atoms with E-state index in [0.717, 1.165) is 10.9 Å². The van der Waals surface area contributed by atoms with E-state index in [1.54, 1.807) is 17.0 Å². The summed E-state index contributed by atoms with van der Waals surface area (Å²) >= 11 is 5.88. The number of benzene rings is 3. The molecule has 0 spiro atoms. The van der Waals surface area contributed by atoms with Crippen molar-refractivity contribution in [2.24, 2.45) is 0 Å². The van der Waals surface area contributed by atoms with Gasteiger partial charge in [-0.25, -0.2) is 23.1 Å². The molecule has 2 saturated heterocycles. The number of hydrogen-bond acceptors (Lipinski definition) is 11. The molecular formula is C32H31ClF3N7O4. The van der Waals surface area contributed by atoms with Gasteiger partial charge in [-0.15, -0.1) is 0 Å². The number of halogens is 4. The number of aromatic nitrogens is 4. The molecule has 3 N–H and O–H groups in total. The number of methoxy groups -OCH3 is 2. The zero-order valence-electron chi connectivity index (χ0n) is 25.4. The highest BCUT2D eigenvalue weighted by atomic mass is 35.5. The highest BCUT2D eigenvalue weighted by molar-refractivity contribution is 6.31. The van der Waals surface area contributed by atoms with Crippen molar-refractivity contribution in [2.45, 2.75) is 24.5 Å². The van der Waals surface area contributed by atoms with E-state index in [2.05, 4.69) is 25.3 Å². The third kappa shape index (κ3) is 6.89. The number of likely N-dealkylation sites (tertiary alicyclic amines) is 1. The first-order chi connectivity index (χ1) is 22.7. The van der Waals surface area contributed by atoms with Crippen LogP contribution < -0.4 is 25.3 Å². The molecular weight excluding hydrogens is 639 g/mol. The van der Waals surface area contributed by atoms with Gasteiger partial charge in [0.25, 0.3) is 5.92 Å². The number of hydrogen-bond donors (Lipinski definition) is 2. The second-order valence-electron chi connectivity index (χ2n) is 10.9. The summed E-state index contributed by atoms with van der Waals surface area (Å²) in [5, 5.41) is 4.15. The van der Waals surface area contributed by atoms with Gasteiger partial charge < -0.3 is 30.0 Å². The second-order valence-corrected chi connectivity index (χ2v) is 11.3. The van der Waals surface area contributed by atoms with Crippen LogP contribution >= 0.6 is 11.6 Å². The van der Waals surface area contributed by atoms with Gasteiger partial charge in [0.1, 0.15) is 18.0 Å². The van der Waals surface area contributed by atoms with E-state index in [1.165, 1.54) is 38.7 Å². The Kier molecular flexibility index (Phi) is 9.34. The molecule has 11 nitrogen and oxygen atoms in total. The lowest BCUT2D eigenvalue weighted by atomic mass is 10.0. The fraction of sp³-hybridized carbons (Fsp3) is 0.312. The smallest absolute Gasteiger partial charge is 0.318 e. The zero-order valence-corrected chi connectivity index (χ0v) is 26.2. The average Bonchev–Trinajstić information content (AvgIpc) is 3.03. The topological polar surface area (TPSA) is 130 Å². The van der Waals surface area contributed by atoms with E-state index in [4.69, 9.17) is 36.3 Å². The van der Waals surface area contributed by atoms with Crippen LogP contribution in [0.3, 0.4) is 0 Å². The van der Waals surface area contributed by atoms with Crippen LogP contribution in [-0.2, 0) is 4.74 Å². The van der Waals surface area contributed by atoms with Gasteiger partial charge in [-0.3, -0.25) is 4.90 Å². The van der Waals surface area contributed by atoms with Crippen LogP contribution in [0.5, 0.6) is 17.5 Å². The molecule has 7 rings (SSSR count). The van der Waals surface area contributed by atoms with Crippen LogP contribution in [0.25, 0.3) is 21.8 Å². The normalized spacial score (nSPS) is 17.8. The monoisotopic (exact) mass is 669 g/mol. The number of rotatable bonds is 7. The van der Waals surface area contributed by atoms with Crippen molar-refractivity contribution in [1.82, 2.24) is 24.8 Å². The van der Waals surface area contributed by atoms with E-state index < -0.39 is 24.4 Å². The van der Waals surface area contributed by atoms with Gasteiger partial charge in [-0.05, 0) is 30.3 Å². The maximum atomic E-state index is 15.0. The number of nitrogens with one attached hydrogen (secondary N) is 1. The maximum absolute atomic E-state index is 15.0. The molecule has 15 heteroatoms. The number of ether oxygens (including phenoxy) is 4. The lowest BCUT2D eigenvalue weighted by Gasteiger charge is -2.44. The Balaban J connectivity index is 0.000000248. The minimum absolute atomic E-state index is 0.0275. The number of nitrogens with two attached hydrogens (primary N) is 1. The first kappa shape index (κ1) is 32.3. The Morgan fingerprint density at radius 1 is 0.979 bits per heavy atom. The number of anilines is 3. The van der Waals surface area contributed by atoms with Crippen LogP contribution in [0.4, 0.5) is 30.5 Å². The molecule has 5 aromatic rings. The minimum Gasteiger partial charge on any atom is -0.493 e. The predicted molar refractivity (Wildman–Crippen MR) is 171 cm³/mol. The van der Waals surface area contributed by atoms with Gasteiger partial charge in [-0.2, -0.15) is 9.97 Å². The van der Waals surface area contributed by atoms with Crippen molar-refractivity contribution in [3.8, 4) is 17.5 Å². The molecule has 0 amide bonds. The highest BCUT2D eigenvalue weighted by Gasteiger charge is 2.49. The van der Waals surface area contributed by atoms with Gasteiger partial charge in [-0.1, -0.05) is 29.8 Å². The average molecular weight is 670 g/mol. The first-order valence-corrected chi connectivity index (χ1v) is 15.0. The van der Waals surface area contributed by atoms with Crippen molar-refractivity contribution in [3.05, 3.63) is 71.8 Å². The molecule has 3 aromatic carbocycles. The summed E-state index contributed by atoms with van der Waals surface area (Å²) in [5.41, 5.74) is 7.08. The van der Waals surface area contributed by atoms with E-state index in [-0.39, 0.29) is 40.5 Å². The molecule has 4 heterocycles. The number of alkyl halides is 2. The van der Waals surface area contributed by atoms with Crippen molar-refractivity contribution in [1.29, 1.82) is 0 Å². The molecule has 0 bridgehead atoms. The van der Waals surface area contributed by atoms with Gasteiger partial charge in [0.05, 0.1) is 61.8 Å². The summed E-state index contributed by atoms with van der Waals surface area (Å²) in [4.78, 5) is 18.3. The summed E-state index contributed by atoms with van der Waals surface area (Å²) in [5.74, 6) is -2.59. The molecule has 0 saturated carbocycles. The molecule has 2 aromatic heterocycles. The molecule has 2 fully saturated rings. The Morgan fingerprint density at radius 2 is 1.79 bits per heavy atom. The molecule has 47 heavy (non-hydrogen) atoms. The number of para-hydroxylation sites is 1. The summed E-state index contributed by atoms with van der Waals surface area (Å²) < 4.78 is 65.6. The third-order valence-electron chi connectivity index (χ3n) is 7.89. The fourth-order valence-corrected chi connectivity index (χ4v) is 5.48. The van der Waals surface area contributed by atoms with E-state index >= 15 is 0 Å². The van der Waals surface area contributed by atoms with Crippen LogP contribution in [0.1, 0.15) is 6.42 Å². The lowest BCUT2D eigenvalue weighted by Crippen LogP contribution is -2.60. The third-order valence-corrected chi connectivity index (χ3v) is 8.18. The van der Waals surface area contributed by atoms with Crippen LogP contribution in [0, 0.1) is 5.82 Å². The predicted octanol–water partition coefficient (Wildman–Crippen LogP) is 5.88. The molecule has 0 radical (unpaired) electrons. The van der Waals surface area contributed by atoms with Crippen LogP contribution in [-0.4, -0.2) is 83.4 Å². The number of nitrogen functional groups attached to an aromatic ring is 1. The Bertz CT molecular complexity index is 1900. The summed E-state index contributed by atoms with van der Waals surface area (Å²) in [7, 11) is 2.94. The maximum Gasteiger partial charge on any atom is 0.318 e. The van der Waals surface area contributed by atoms with Gasteiger partial charge in [0.2, 0.25) is 0 Å². The van der Waals surface area contributed by atoms with Crippen molar-refractivity contribution in [2.75, 3.05) is 51.6 Å². The number of fused-ring (bicyclic) bond motifs is 2. The van der Waals surface area contributed by atoms with Crippen molar-refractivity contribution >= 4 is 50.7 Å². The molecule has 0 aliphatic carbocycles. The van der Waals surface area contributed by atoms with Crippen molar-refractivity contribution in [3.63, 3.8) is 0 Å². The SMILES string of the molecule is COc1cc2ncnc(Nc3cccc(Cl)c3F)c2cc1O[C@H]1CCN(C2COC2)CC1(F)F.COc1nc(N)c2ccccc2n1. The second kappa shape index (κ2) is 13.6. The Labute approximate surface area is 272 Å². The number of piperidine rings is 1. The largest absolute Gasteiger partial charge is 0.493 e. The highest BCUT2D eigenvalue weighted by Crippen LogP contribution is 2.39. The zero-order chi connectivity index (χ0) is 33.1. The summed E-state index contributed by atoms with van der Waals surface area (Å²) in [6.45, 7) is 1.03. The molecule has 1 atom stereocenters. The minimum atomic E-state index is -3.06. The van der Waals surface area contributed by atoms with Crippen LogP contribution in [0.15, 0.2) is 60.9 Å². The number of nitrogens with zero attached hydrogens (tertiary/aromatic N) is 5. The van der Waals surface area contributed by atoms with Crippen LogP contribution in [0.2, 0.25) is 5.02 Å². The van der Waals surface area contributed by atoms with E-state index in [0.29, 0.717) is 42.5 Å². The Morgan fingerprint density at radius 3 is 2.51 bits per heavy atom. The first-order valence-electron chi connectivity index (χ1n) is 14.6. The summed E-state index contributed by atoms with van der Waals surface area (Å²) in [6, 6.07) is 15.5. The fourth-order valence-electron chi connectivity index (χ4n) is 5.30. The van der Waals surface area contributed by atoms with Gasteiger partial charge in [0, 0.05) is 29.8 Å². The van der Waals surface area contributed by atoms with E-state index in [1.807, 2.05) is 24.3 Å². The van der Waals surface area contributed by atoms with Crippen molar-refractivity contribution < 1.29 is 32.1 Å². The quantitative estimate of drug-likeness (QED) is 0.215. The van der Waals surface area contributed by atoms with E-state index in [9.17, 15) is 13.2 Å². The van der Waals surface area contributed by atoms with Gasteiger partial charge in [0.15, 0.2) is 23.4 Å². The summed E-state index contributed by atoms with van der Waals surface area (Å²) in [6.07, 6.45) is 0.123. The lowest BCUT2D eigenvalue weighted by molar-refractivity contribution is -0.170. The molecule has 0 unspecified atom stereocenters.